The standard InChI is InChI=1S/C17H23ClO2/c1-12-6-7-14(13(18)10-12)20-16-11-15(19)17(16)8-4-2-3-5-9-17/h6-7,10,15-16,19H,2-5,8-9,11H2,1H3. The van der Waals surface area contributed by atoms with Crippen LogP contribution in [0.25, 0.3) is 0 Å². The first kappa shape index (κ1) is 14.2. The Balaban J connectivity index is 1.76. The molecule has 2 atom stereocenters. The Bertz CT molecular complexity index is 478. The van der Waals surface area contributed by atoms with Gasteiger partial charge in [-0.25, -0.2) is 0 Å². The summed E-state index contributed by atoms with van der Waals surface area (Å²) in [6.45, 7) is 2.02. The van der Waals surface area contributed by atoms with Gasteiger partial charge in [0.05, 0.1) is 11.1 Å². The Morgan fingerprint density at radius 2 is 1.90 bits per heavy atom. The minimum absolute atomic E-state index is 0.0231. The van der Waals surface area contributed by atoms with Crippen LogP contribution in [0.15, 0.2) is 18.2 Å². The molecular formula is C17H23ClO2. The second-order valence-corrected chi connectivity index (χ2v) is 6.85. The van der Waals surface area contributed by atoms with Crippen molar-refractivity contribution in [1.29, 1.82) is 0 Å². The van der Waals surface area contributed by atoms with Gasteiger partial charge in [-0.05, 0) is 37.5 Å². The highest BCUT2D eigenvalue weighted by molar-refractivity contribution is 6.32. The zero-order valence-corrected chi connectivity index (χ0v) is 12.8. The van der Waals surface area contributed by atoms with Crippen LogP contribution < -0.4 is 4.74 Å². The zero-order valence-electron chi connectivity index (χ0n) is 12.1. The summed E-state index contributed by atoms with van der Waals surface area (Å²) in [6, 6.07) is 5.91. The molecule has 2 fully saturated rings. The molecule has 2 aliphatic carbocycles. The number of rotatable bonds is 2. The molecular weight excluding hydrogens is 272 g/mol. The van der Waals surface area contributed by atoms with Crippen LogP contribution in [0, 0.1) is 12.3 Å². The maximum atomic E-state index is 10.3. The maximum absolute atomic E-state index is 10.3. The lowest BCUT2D eigenvalue weighted by atomic mass is 9.59. The highest BCUT2D eigenvalue weighted by Gasteiger charge is 2.55. The molecule has 0 heterocycles. The Morgan fingerprint density at radius 3 is 2.50 bits per heavy atom. The van der Waals surface area contributed by atoms with Crippen molar-refractivity contribution >= 4 is 11.6 Å². The van der Waals surface area contributed by atoms with Gasteiger partial charge in [0.2, 0.25) is 0 Å². The van der Waals surface area contributed by atoms with Crippen molar-refractivity contribution in [3.63, 3.8) is 0 Å². The summed E-state index contributed by atoms with van der Waals surface area (Å²) in [7, 11) is 0. The number of aliphatic hydroxyl groups excluding tert-OH is 1. The van der Waals surface area contributed by atoms with Crippen LogP contribution in [0.1, 0.15) is 50.5 Å². The number of benzene rings is 1. The number of aliphatic hydroxyl groups is 1. The number of halogens is 1. The molecule has 2 saturated carbocycles. The van der Waals surface area contributed by atoms with Crippen LogP contribution in [0.2, 0.25) is 5.02 Å². The quantitative estimate of drug-likeness (QED) is 0.870. The molecule has 0 bridgehead atoms. The van der Waals surface area contributed by atoms with Crippen molar-refractivity contribution in [2.75, 3.05) is 0 Å². The minimum atomic E-state index is -0.199. The van der Waals surface area contributed by atoms with E-state index in [0.717, 1.165) is 30.6 Å². The molecule has 1 aromatic rings. The van der Waals surface area contributed by atoms with Crippen molar-refractivity contribution in [2.24, 2.45) is 5.41 Å². The van der Waals surface area contributed by atoms with Gasteiger partial charge in [-0.2, -0.15) is 0 Å². The van der Waals surface area contributed by atoms with Gasteiger partial charge < -0.3 is 9.84 Å². The third-order valence-corrected chi connectivity index (χ3v) is 5.43. The number of aryl methyl sites for hydroxylation is 1. The minimum Gasteiger partial charge on any atom is -0.488 e. The lowest BCUT2D eigenvalue weighted by Gasteiger charge is -2.53. The fourth-order valence-electron chi connectivity index (χ4n) is 3.79. The molecule has 0 aliphatic heterocycles. The molecule has 20 heavy (non-hydrogen) atoms. The largest absolute Gasteiger partial charge is 0.488 e. The zero-order chi connectivity index (χ0) is 14.2. The van der Waals surface area contributed by atoms with Crippen molar-refractivity contribution in [3.05, 3.63) is 28.8 Å². The summed E-state index contributed by atoms with van der Waals surface area (Å²) in [5, 5.41) is 11.0. The van der Waals surface area contributed by atoms with Crippen LogP contribution in [-0.4, -0.2) is 17.3 Å². The first-order valence-corrected chi connectivity index (χ1v) is 8.10. The summed E-state index contributed by atoms with van der Waals surface area (Å²) in [5.41, 5.74) is 1.12. The van der Waals surface area contributed by atoms with E-state index in [9.17, 15) is 5.11 Å². The monoisotopic (exact) mass is 294 g/mol. The highest BCUT2D eigenvalue weighted by Crippen LogP contribution is 2.52. The topological polar surface area (TPSA) is 29.5 Å². The molecule has 1 spiro atoms. The Labute approximate surface area is 126 Å². The van der Waals surface area contributed by atoms with Crippen LogP contribution in [-0.2, 0) is 0 Å². The van der Waals surface area contributed by atoms with Crippen molar-refractivity contribution in [2.45, 2.75) is 64.1 Å². The molecule has 3 rings (SSSR count). The molecule has 110 valence electrons. The summed E-state index contributed by atoms with van der Waals surface area (Å²) in [6.07, 6.45) is 7.82. The van der Waals surface area contributed by atoms with E-state index in [1.54, 1.807) is 0 Å². The van der Waals surface area contributed by atoms with E-state index < -0.39 is 0 Å². The molecule has 3 heteroatoms. The summed E-state index contributed by atoms with van der Waals surface area (Å²) in [4.78, 5) is 0. The molecule has 1 aromatic carbocycles. The van der Waals surface area contributed by atoms with Gasteiger partial charge in [0.15, 0.2) is 0 Å². The van der Waals surface area contributed by atoms with Gasteiger partial charge in [-0.15, -0.1) is 0 Å². The first-order chi connectivity index (χ1) is 9.62. The van der Waals surface area contributed by atoms with Crippen molar-refractivity contribution in [3.8, 4) is 5.75 Å². The van der Waals surface area contributed by atoms with Crippen LogP contribution in [0.4, 0.5) is 0 Å². The van der Waals surface area contributed by atoms with Gasteiger partial charge in [0.25, 0.3) is 0 Å². The lowest BCUT2D eigenvalue weighted by molar-refractivity contribution is -0.163. The number of hydrogen-bond donors (Lipinski definition) is 1. The van der Waals surface area contributed by atoms with Crippen molar-refractivity contribution in [1.82, 2.24) is 0 Å². The van der Waals surface area contributed by atoms with Gasteiger partial charge in [0, 0.05) is 11.8 Å². The molecule has 0 radical (unpaired) electrons. The first-order valence-electron chi connectivity index (χ1n) is 7.73. The highest BCUT2D eigenvalue weighted by atomic mass is 35.5. The summed E-state index contributed by atoms with van der Waals surface area (Å²) < 4.78 is 6.16. The average Bonchev–Trinajstić information content (AvgIpc) is 2.69. The Hall–Kier alpha value is -0.730. The van der Waals surface area contributed by atoms with E-state index in [2.05, 4.69) is 0 Å². The van der Waals surface area contributed by atoms with E-state index >= 15 is 0 Å². The molecule has 0 amide bonds. The third kappa shape index (κ3) is 2.44. The summed E-state index contributed by atoms with van der Waals surface area (Å²) >= 11 is 6.26. The molecule has 0 aromatic heterocycles. The molecule has 2 nitrogen and oxygen atoms in total. The van der Waals surface area contributed by atoms with E-state index in [1.165, 1.54) is 25.7 Å². The van der Waals surface area contributed by atoms with Crippen LogP contribution in [0.3, 0.4) is 0 Å². The lowest BCUT2D eigenvalue weighted by Crippen LogP contribution is -2.59. The number of hydrogen-bond acceptors (Lipinski definition) is 2. The smallest absolute Gasteiger partial charge is 0.138 e. The molecule has 2 aliphatic rings. The fraction of sp³-hybridized carbons (Fsp3) is 0.647. The van der Waals surface area contributed by atoms with Gasteiger partial charge in [-0.1, -0.05) is 43.4 Å². The normalized spacial score (nSPS) is 28.8. The summed E-state index contributed by atoms with van der Waals surface area (Å²) in [5.74, 6) is 0.762. The van der Waals surface area contributed by atoms with Crippen LogP contribution >= 0.6 is 11.6 Å². The SMILES string of the molecule is Cc1ccc(OC2CC(O)C23CCCCCC3)c(Cl)c1. The van der Waals surface area contributed by atoms with Gasteiger partial charge in [0.1, 0.15) is 11.9 Å². The van der Waals surface area contributed by atoms with E-state index in [-0.39, 0.29) is 17.6 Å². The maximum Gasteiger partial charge on any atom is 0.138 e. The van der Waals surface area contributed by atoms with Crippen molar-refractivity contribution < 1.29 is 9.84 Å². The number of ether oxygens (including phenoxy) is 1. The Morgan fingerprint density at radius 1 is 1.20 bits per heavy atom. The van der Waals surface area contributed by atoms with E-state index in [4.69, 9.17) is 16.3 Å². The predicted molar refractivity (Wildman–Crippen MR) is 81.4 cm³/mol. The second-order valence-electron chi connectivity index (χ2n) is 6.44. The Kier molecular flexibility index (Phi) is 3.96. The van der Waals surface area contributed by atoms with E-state index in [0.29, 0.717) is 5.02 Å². The molecule has 0 saturated heterocycles. The predicted octanol–water partition coefficient (Wildman–Crippen LogP) is 4.50. The van der Waals surface area contributed by atoms with Crippen LogP contribution in [0.5, 0.6) is 5.75 Å². The van der Waals surface area contributed by atoms with Gasteiger partial charge >= 0.3 is 0 Å². The van der Waals surface area contributed by atoms with Gasteiger partial charge in [-0.3, -0.25) is 0 Å². The third-order valence-electron chi connectivity index (χ3n) is 5.13. The average molecular weight is 295 g/mol. The second kappa shape index (κ2) is 5.57. The fourth-order valence-corrected chi connectivity index (χ4v) is 4.07. The van der Waals surface area contributed by atoms with E-state index in [1.807, 2.05) is 25.1 Å². The molecule has 1 N–H and O–H groups in total. The molecule has 2 unspecified atom stereocenters.